The Hall–Kier alpha value is -2.35. The monoisotopic (exact) mass is 251 g/mol. The summed E-state index contributed by atoms with van der Waals surface area (Å²) >= 11 is 0. The van der Waals surface area contributed by atoms with Crippen molar-refractivity contribution in [3.63, 3.8) is 0 Å². The first kappa shape index (κ1) is 13.1. The molecule has 96 valence electrons. The minimum Gasteiger partial charge on any atom is -0.348 e. The zero-order valence-electron chi connectivity index (χ0n) is 11.0. The predicted molar refractivity (Wildman–Crippen MR) is 78.5 cm³/mol. The third-order valence-electron chi connectivity index (χ3n) is 2.97. The first-order valence-electron chi connectivity index (χ1n) is 6.25. The lowest BCUT2D eigenvalue weighted by molar-refractivity contribution is -0.115. The van der Waals surface area contributed by atoms with Crippen LogP contribution in [0, 0.1) is 6.92 Å². The van der Waals surface area contributed by atoms with E-state index in [-0.39, 0.29) is 5.91 Å². The normalized spacial score (nSPS) is 9.95. The van der Waals surface area contributed by atoms with Gasteiger partial charge in [-0.15, -0.1) is 0 Å². The van der Waals surface area contributed by atoms with Crippen LogP contribution in [-0.4, -0.2) is 5.91 Å². The van der Waals surface area contributed by atoms with E-state index in [0.717, 1.165) is 11.1 Å². The molecule has 0 bridgehead atoms. The van der Waals surface area contributed by atoms with E-state index >= 15 is 0 Å². The van der Waals surface area contributed by atoms with E-state index in [9.17, 15) is 4.79 Å². The second kappa shape index (κ2) is 6.01. The fraction of sp³-hybridized carbons (Fsp3) is 0.118. The van der Waals surface area contributed by atoms with Crippen LogP contribution in [0.1, 0.15) is 16.7 Å². The average molecular weight is 251 g/mol. The SMILES string of the molecule is C=C(C(=O)NCc1ccc(C)cc1)c1ccccc1. The molecule has 2 aromatic rings. The maximum Gasteiger partial charge on any atom is 0.251 e. The van der Waals surface area contributed by atoms with Gasteiger partial charge in [-0.05, 0) is 18.1 Å². The third-order valence-corrected chi connectivity index (χ3v) is 2.97. The standard InChI is InChI=1S/C17H17NO/c1-13-8-10-15(11-9-13)12-18-17(19)14(2)16-6-4-3-5-7-16/h3-11H,2,12H2,1H3,(H,18,19). The molecule has 0 aromatic heterocycles. The van der Waals surface area contributed by atoms with E-state index < -0.39 is 0 Å². The van der Waals surface area contributed by atoms with E-state index in [0.29, 0.717) is 12.1 Å². The molecular formula is C17H17NO. The topological polar surface area (TPSA) is 29.1 Å². The Morgan fingerprint density at radius 2 is 1.68 bits per heavy atom. The highest BCUT2D eigenvalue weighted by atomic mass is 16.1. The van der Waals surface area contributed by atoms with Crippen molar-refractivity contribution in [2.45, 2.75) is 13.5 Å². The fourth-order valence-electron chi connectivity index (χ4n) is 1.77. The van der Waals surface area contributed by atoms with Gasteiger partial charge in [0.05, 0.1) is 0 Å². The van der Waals surface area contributed by atoms with Crippen molar-refractivity contribution in [1.82, 2.24) is 5.32 Å². The molecule has 0 fully saturated rings. The molecule has 0 saturated carbocycles. The second-order valence-electron chi connectivity index (χ2n) is 4.51. The summed E-state index contributed by atoms with van der Waals surface area (Å²) in [5, 5.41) is 2.88. The number of aryl methyl sites for hydroxylation is 1. The molecule has 2 heteroatoms. The van der Waals surface area contributed by atoms with Crippen molar-refractivity contribution in [1.29, 1.82) is 0 Å². The number of nitrogens with one attached hydrogen (secondary N) is 1. The fourth-order valence-corrected chi connectivity index (χ4v) is 1.77. The maximum atomic E-state index is 12.0. The Balaban J connectivity index is 1.95. The summed E-state index contributed by atoms with van der Waals surface area (Å²) in [5.74, 6) is -0.133. The molecule has 0 heterocycles. The highest BCUT2D eigenvalue weighted by Gasteiger charge is 2.08. The zero-order chi connectivity index (χ0) is 13.7. The maximum absolute atomic E-state index is 12.0. The van der Waals surface area contributed by atoms with Crippen LogP contribution in [-0.2, 0) is 11.3 Å². The number of carbonyl (C=O) groups is 1. The molecule has 0 spiro atoms. The van der Waals surface area contributed by atoms with Crippen molar-refractivity contribution < 1.29 is 4.79 Å². The molecule has 2 aromatic carbocycles. The summed E-state index contributed by atoms with van der Waals surface area (Å²) in [4.78, 5) is 12.0. The molecule has 0 radical (unpaired) electrons. The highest BCUT2D eigenvalue weighted by molar-refractivity contribution is 6.18. The van der Waals surface area contributed by atoms with Gasteiger partial charge in [-0.1, -0.05) is 66.7 Å². The van der Waals surface area contributed by atoms with Crippen LogP contribution < -0.4 is 5.32 Å². The second-order valence-corrected chi connectivity index (χ2v) is 4.51. The third kappa shape index (κ3) is 3.55. The van der Waals surface area contributed by atoms with Crippen LogP contribution in [0.2, 0.25) is 0 Å². The first-order chi connectivity index (χ1) is 9.16. The molecule has 0 aliphatic heterocycles. The summed E-state index contributed by atoms with van der Waals surface area (Å²) in [6.45, 7) is 6.40. The number of amides is 1. The Morgan fingerprint density at radius 1 is 1.05 bits per heavy atom. The lowest BCUT2D eigenvalue weighted by atomic mass is 10.1. The predicted octanol–water partition coefficient (Wildman–Crippen LogP) is 3.32. The molecular weight excluding hydrogens is 234 g/mol. The summed E-state index contributed by atoms with van der Waals surface area (Å²) in [5.41, 5.74) is 3.64. The largest absolute Gasteiger partial charge is 0.348 e. The highest BCUT2D eigenvalue weighted by Crippen LogP contribution is 2.11. The molecule has 1 amide bonds. The molecule has 0 aliphatic carbocycles. The zero-order valence-corrected chi connectivity index (χ0v) is 11.0. The van der Waals surface area contributed by atoms with E-state index in [1.807, 2.05) is 61.5 Å². The van der Waals surface area contributed by atoms with Gasteiger partial charge in [-0.2, -0.15) is 0 Å². The van der Waals surface area contributed by atoms with E-state index in [1.165, 1.54) is 5.56 Å². The quantitative estimate of drug-likeness (QED) is 0.830. The molecule has 2 nitrogen and oxygen atoms in total. The van der Waals surface area contributed by atoms with Gasteiger partial charge < -0.3 is 5.32 Å². The van der Waals surface area contributed by atoms with Gasteiger partial charge in [-0.25, -0.2) is 0 Å². The number of benzene rings is 2. The Bertz CT molecular complexity index is 570. The molecule has 0 unspecified atom stereocenters. The van der Waals surface area contributed by atoms with Gasteiger partial charge in [0.2, 0.25) is 0 Å². The Kier molecular flexibility index (Phi) is 4.14. The van der Waals surface area contributed by atoms with Crippen LogP contribution in [0.3, 0.4) is 0 Å². The van der Waals surface area contributed by atoms with Gasteiger partial charge in [-0.3, -0.25) is 4.79 Å². The Morgan fingerprint density at radius 3 is 2.32 bits per heavy atom. The van der Waals surface area contributed by atoms with Crippen LogP contribution in [0.15, 0.2) is 61.2 Å². The van der Waals surface area contributed by atoms with E-state index in [2.05, 4.69) is 11.9 Å². The van der Waals surface area contributed by atoms with Gasteiger partial charge in [0, 0.05) is 12.1 Å². The molecule has 19 heavy (non-hydrogen) atoms. The lowest BCUT2D eigenvalue weighted by Gasteiger charge is -2.08. The number of carbonyl (C=O) groups excluding carboxylic acids is 1. The van der Waals surface area contributed by atoms with Crippen LogP contribution in [0.5, 0.6) is 0 Å². The van der Waals surface area contributed by atoms with Gasteiger partial charge in [0.1, 0.15) is 0 Å². The van der Waals surface area contributed by atoms with E-state index in [4.69, 9.17) is 0 Å². The number of hydrogen-bond acceptors (Lipinski definition) is 1. The van der Waals surface area contributed by atoms with Crippen LogP contribution in [0.25, 0.3) is 5.57 Å². The summed E-state index contributed by atoms with van der Waals surface area (Å²) in [6.07, 6.45) is 0. The van der Waals surface area contributed by atoms with Crippen LogP contribution in [0.4, 0.5) is 0 Å². The average Bonchev–Trinajstić information content (AvgIpc) is 2.46. The van der Waals surface area contributed by atoms with Crippen molar-refractivity contribution in [2.75, 3.05) is 0 Å². The van der Waals surface area contributed by atoms with Crippen molar-refractivity contribution in [3.05, 3.63) is 77.9 Å². The molecule has 0 atom stereocenters. The molecule has 2 rings (SSSR count). The number of hydrogen-bond donors (Lipinski definition) is 1. The lowest BCUT2D eigenvalue weighted by Crippen LogP contribution is -2.23. The molecule has 1 N–H and O–H groups in total. The van der Waals surface area contributed by atoms with E-state index in [1.54, 1.807) is 0 Å². The molecule has 0 aliphatic rings. The van der Waals surface area contributed by atoms with Crippen molar-refractivity contribution in [3.8, 4) is 0 Å². The van der Waals surface area contributed by atoms with Crippen molar-refractivity contribution in [2.24, 2.45) is 0 Å². The minimum absolute atomic E-state index is 0.133. The summed E-state index contributed by atoms with van der Waals surface area (Å²) in [7, 11) is 0. The first-order valence-corrected chi connectivity index (χ1v) is 6.25. The smallest absolute Gasteiger partial charge is 0.251 e. The van der Waals surface area contributed by atoms with Gasteiger partial charge >= 0.3 is 0 Å². The van der Waals surface area contributed by atoms with Crippen molar-refractivity contribution >= 4 is 11.5 Å². The number of rotatable bonds is 4. The molecule has 0 saturated heterocycles. The Labute approximate surface area is 113 Å². The van der Waals surface area contributed by atoms with Gasteiger partial charge in [0.15, 0.2) is 0 Å². The summed E-state index contributed by atoms with van der Waals surface area (Å²) < 4.78 is 0. The van der Waals surface area contributed by atoms with Crippen LogP contribution >= 0.6 is 0 Å². The van der Waals surface area contributed by atoms with Gasteiger partial charge in [0.25, 0.3) is 5.91 Å². The summed E-state index contributed by atoms with van der Waals surface area (Å²) in [6, 6.07) is 17.6. The minimum atomic E-state index is -0.133.